The Kier molecular flexibility index (Phi) is 3.42. The van der Waals surface area contributed by atoms with E-state index in [0.717, 1.165) is 24.0 Å². The van der Waals surface area contributed by atoms with Crippen LogP contribution in [0.2, 0.25) is 0 Å². The third-order valence-electron chi connectivity index (χ3n) is 5.35. The molecule has 98 valence electrons. The van der Waals surface area contributed by atoms with Gasteiger partial charge in [-0.1, -0.05) is 6.92 Å². The molecule has 17 heavy (non-hydrogen) atoms. The normalized spacial score (nSPS) is 44.1. The van der Waals surface area contributed by atoms with Crippen LogP contribution < -0.4 is 5.32 Å². The van der Waals surface area contributed by atoms with Crippen LogP contribution >= 0.6 is 0 Å². The Hall–Kier alpha value is -0.120. The highest BCUT2D eigenvalue weighted by Crippen LogP contribution is 2.33. The van der Waals surface area contributed by atoms with Gasteiger partial charge in [-0.15, -0.1) is 0 Å². The Labute approximate surface area is 106 Å². The van der Waals surface area contributed by atoms with E-state index in [0.29, 0.717) is 0 Å². The van der Waals surface area contributed by atoms with Crippen LogP contribution in [0.25, 0.3) is 0 Å². The zero-order valence-electron chi connectivity index (χ0n) is 11.4. The molecule has 0 aromatic heterocycles. The highest BCUT2D eigenvalue weighted by molar-refractivity contribution is 4.98. The molecule has 0 saturated carbocycles. The molecule has 3 fully saturated rings. The Bertz CT molecular complexity index is 268. The molecule has 3 heteroatoms. The van der Waals surface area contributed by atoms with Gasteiger partial charge in [0.1, 0.15) is 0 Å². The summed E-state index contributed by atoms with van der Waals surface area (Å²) in [6.07, 6.45) is 5.64. The van der Waals surface area contributed by atoms with Gasteiger partial charge in [-0.3, -0.25) is 9.80 Å². The van der Waals surface area contributed by atoms with Gasteiger partial charge in [0.25, 0.3) is 0 Å². The van der Waals surface area contributed by atoms with E-state index in [9.17, 15) is 0 Å². The minimum absolute atomic E-state index is 0.743. The lowest BCUT2D eigenvalue weighted by atomic mass is 9.91. The van der Waals surface area contributed by atoms with E-state index in [4.69, 9.17) is 0 Å². The summed E-state index contributed by atoms with van der Waals surface area (Å²) < 4.78 is 0. The van der Waals surface area contributed by atoms with Gasteiger partial charge < -0.3 is 5.32 Å². The number of hydrogen-bond acceptors (Lipinski definition) is 3. The van der Waals surface area contributed by atoms with Gasteiger partial charge in [-0.25, -0.2) is 0 Å². The van der Waals surface area contributed by atoms with Crippen molar-refractivity contribution >= 4 is 0 Å². The van der Waals surface area contributed by atoms with E-state index in [2.05, 4.69) is 29.1 Å². The summed E-state index contributed by atoms with van der Waals surface area (Å²) in [4.78, 5) is 5.54. The first kappa shape index (κ1) is 11.9. The van der Waals surface area contributed by atoms with Crippen molar-refractivity contribution in [3.8, 4) is 0 Å². The van der Waals surface area contributed by atoms with Crippen molar-refractivity contribution in [2.75, 3.05) is 33.2 Å². The Morgan fingerprint density at radius 2 is 1.71 bits per heavy atom. The van der Waals surface area contributed by atoms with Crippen molar-refractivity contribution in [2.24, 2.45) is 5.92 Å². The zero-order chi connectivity index (χ0) is 11.8. The molecule has 4 atom stereocenters. The molecule has 3 aliphatic rings. The summed E-state index contributed by atoms with van der Waals surface area (Å²) in [6, 6.07) is 2.51. The molecule has 3 rings (SSSR count). The fraction of sp³-hybridized carbons (Fsp3) is 1.00. The van der Waals surface area contributed by atoms with Crippen molar-refractivity contribution in [3.05, 3.63) is 0 Å². The standard InChI is InChI=1S/C14H27N3/c1-11-10-17(8-5-12(11)15-2)14-6-9-16-7-3-4-13(14)16/h11-15H,3-10H2,1-2H3. The Morgan fingerprint density at radius 3 is 2.47 bits per heavy atom. The Morgan fingerprint density at radius 1 is 0.941 bits per heavy atom. The van der Waals surface area contributed by atoms with Gasteiger partial charge in [0.15, 0.2) is 0 Å². The quantitative estimate of drug-likeness (QED) is 0.777. The second-order valence-corrected chi connectivity index (χ2v) is 6.26. The van der Waals surface area contributed by atoms with E-state index in [1.165, 1.54) is 51.9 Å². The van der Waals surface area contributed by atoms with Crippen LogP contribution in [0.5, 0.6) is 0 Å². The summed E-state index contributed by atoms with van der Waals surface area (Å²) >= 11 is 0. The number of likely N-dealkylation sites (tertiary alicyclic amines) is 1. The molecule has 1 N–H and O–H groups in total. The van der Waals surface area contributed by atoms with Gasteiger partial charge in [-0.2, -0.15) is 0 Å². The van der Waals surface area contributed by atoms with E-state index in [-0.39, 0.29) is 0 Å². The number of nitrogens with zero attached hydrogens (tertiary/aromatic N) is 2. The summed E-state index contributed by atoms with van der Waals surface area (Å²) in [6.45, 7) is 7.75. The molecule has 0 aliphatic carbocycles. The predicted octanol–water partition coefficient (Wildman–Crippen LogP) is 1.15. The lowest BCUT2D eigenvalue weighted by Gasteiger charge is -2.41. The van der Waals surface area contributed by atoms with E-state index in [1.54, 1.807) is 0 Å². The number of rotatable bonds is 2. The maximum Gasteiger partial charge on any atom is 0.0263 e. The molecular weight excluding hydrogens is 210 g/mol. The topological polar surface area (TPSA) is 18.5 Å². The average Bonchev–Trinajstić information content (AvgIpc) is 2.90. The summed E-state index contributed by atoms with van der Waals surface area (Å²) in [7, 11) is 2.12. The number of hydrogen-bond donors (Lipinski definition) is 1. The zero-order valence-corrected chi connectivity index (χ0v) is 11.4. The van der Waals surface area contributed by atoms with Crippen LogP contribution in [0.1, 0.15) is 32.6 Å². The third kappa shape index (κ3) is 2.13. The van der Waals surface area contributed by atoms with Crippen LogP contribution in [0.3, 0.4) is 0 Å². The van der Waals surface area contributed by atoms with Gasteiger partial charge in [0, 0.05) is 31.2 Å². The van der Waals surface area contributed by atoms with Gasteiger partial charge in [-0.05, 0) is 51.7 Å². The highest BCUT2D eigenvalue weighted by atomic mass is 15.3. The molecule has 0 spiro atoms. The second kappa shape index (κ2) is 4.87. The molecule has 0 bridgehead atoms. The molecule has 3 nitrogen and oxygen atoms in total. The maximum atomic E-state index is 3.47. The third-order valence-corrected chi connectivity index (χ3v) is 5.35. The van der Waals surface area contributed by atoms with E-state index in [1.807, 2.05) is 0 Å². The summed E-state index contributed by atoms with van der Waals surface area (Å²) in [5, 5.41) is 3.47. The molecule has 0 aromatic rings. The van der Waals surface area contributed by atoms with Crippen LogP contribution in [0.4, 0.5) is 0 Å². The molecule has 0 aromatic carbocycles. The first-order chi connectivity index (χ1) is 8.29. The van der Waals surface area contributed by atoms with Crippen LogP contribution in [0.15, 0.2) is 0 Å². The van der Waals surface area contributed by atoms with Crippen molar-refractivity contribution in [1.29, 1.82) is 0 Å². The minimum atomic E-state index is 0.743. The van der Waals surface area contributed by atoms with Gasteiger partial charge in [0.2, 0.25) is 0 Å². The first-order valence-corrected chi connectivity index (χ1v) is 7.45. The van der Waals surface area contributed by atoms with Crippen LogP contribution in [0, 0.1) is 5.92 Å². The molecule has 0 radical (unpaired) electrons. The maximum absolute atomic E-state index is 3.47. The average molecular weight is 237 g/mol. The highest BCUT2D eigenvalue weighted by Gasteiger charge is 2.41. The Balaban J connectivity index is 1.62. The summed E-state index contributed by atoms with van der Waals surface area (Å²) in [5.74, 6) is 0.809. The predicted molar refractivity (Wildman–Crippen MR) is 71.2 cm³/mol. The van der Waals surface area contributed by atoms with E-state index >= 15 is 0 Å². The van der Waals surface area contributed by atoms with Crippen LogP contribution in [-0.2, 0) is 0 Å². The first-order valence-electron chi connectivity index (χ1n) is 7.45. The lowest BCUT2D eigenvalue weighted by Crippen LogP contribution is -2.53. The van der Waals surface area contributed by atoms with Crippen molar-refractivity contribution < 1.29 is 0 Å². The lowest BCUT2D eigenvalue weighted by molar-refractivity contribution is 0.0900. The summed E-state index contributed by atoms with van der Waals surface area (Å²) in [5.41, 5.74) is 0. The van der Waals surface area contributed by atoms with Gasteiger partial charge >= 0.3 is 0 Å². The SMILES string of the molecule is CNC1CCN(C2CCN3CCCC23)CC1C. The second-order valence-electron chi connectivity index (χ2n) is 6.26. The molecule has 0 amide bonds. The van der Waals surface area contributed by atoms with Crippen molar-refractivity contribution in [2.45, 2.75) is 50.7 Å². The molecule has 3 heterocycles. The van der Waals surface area contributed by atoms with Crippen LogP contribution in [-0.4, -0.2) is 61.2 Å². The molecular formula is C14H27N3. The molecule has 3 saturated heterocycles. The fourth-order valence-corrected chi connectivity index (χ4v) is 4.39. The molecule has 4 unspecified atom stereocenters. The van der Waals surface area contributed by atoms with Gasteiger partial charge in [0.05, 0.1) is 0 Å². The molecule has 3 aliphatic heterocycles. The fourth-order valence-electron chi connectivity index (χ4n) is 4.39. The van der Waals surface area contributed by atoms with Crippen molar-refractivity contribution in [1.82, 2.24) is 15.1 Å². The smallest absolute Gasteiger partial charge is 0.0263 e. The number of piperidine rings is 1. The number of fused-ring (bicyclic) bond motifs is 1. The minimum Gasteiger partial charge on any atom is -0.317 e. The number of nitrogens with one attached hydrogen (secondary N) is 1. The largest absolute Gasteiger partial charge is 0.317 e. The van der Waals surface area contributed by atoms with E-state index < -0.39 is 0 Å². The van der Waals surface area contributed by atoms with Crippen molar-refractivity contribution in [3.63, 3.8) is 0 Å². The monoisotopic (exact) mass is 237 g/mol.